The van der Waals surface area contributed by atoms with Gasteiger partial charge < -0.3 is 19.6 Å². The van der Waals surface area contributed by atoms with E-state index in [1.165, 1.54) is 0 Å². The fourth-order valence-electron chi connectivity index (χ4n) is 3.13. The predicted molar refractivity (Wildman–Crippen MR) is 111 cm³/mol. The number of nitrogens with zero attached hydrogens (tertiary/aromatic N) is 5. The first-order valence-corrected chi connectivity index (χ1v) is 9.85. The Morgan fingerprint density at radius 3 is 2.69 bits per heavy atom. The Hall–Kier alpha value is -3.13. The fraction of sp³-hybridized carbons (Fsp3) is 0.300. The minimum Gasteiger partial charge on any atom is -0.353 e. The van der Waals surface area contributed by atoms with Crippen LogP contribution in [0.4, 0.5) is 16.3 Å². The van der Waals surface area contributed by atoms with E-state index in [2.05, 4.69) is 25.3 Å². The summed E-state index contributed by atoms with van der Waals surface area (Å²) < 4.78 is 5.15. The zero-order valence-electron chi connectivity index (χ0n) is 16.0. The molecule has 2 aromatic heterocycles. The highest BCUT2D eigenvalue weighted by Gasteiger charge is 2.22. The van der Waals surface area contributed by atoms with Gasteiger partial charge in [0.2, 0.25) is 11.7 Å². The van der Waals surface area contributed by atoms with Gasteiger partial charge in [0.25, 0.3) is 0 Å². The summed E-state index contributed by atoms with van der Waals surface area (Å²) >= 11 is 5.97. The first-order valence-electron chi connectivity index (χ1n) is 9.48. The van der Waals surface area contributed by atoms with Crippen molar-refractivity contribution in [3.8, 4) is 11.4 Å². The summed E-state index contributed by atoms with van der Waals surface area (Å²) in [6.45, 7) is 4.60. The van der Waals surface area contributed by atoms with Crippen LogP contribution in [-0.4, -0.2) is 52.2 Å². The predicted octanol–water partition coefficient (Wildman–Crippen LogP) is 3.70. The summed E-state index contributed by atoms with van der Waals surface area (Å²) in [5, 5.41) is 7.45. The first-order chi connectivity index (χ1) is 14.1. The molecule has 9 heteroatoms. The summed E-state index contributed by atoms with van der Waals surface area (Å²) in [5.41, 5.74) is 1.51. The lowest BCUT2D eigenvalue weighted by Crippen LogP contribution is -2.50. The Morgan fingerprint density at radius 2 is 2.03 bits per heavy atom. The number of halogens is 1. The number of aryl methyl sites for hydroxylation is 1. The van der Waals surface area contributed by atoms with E-state index in [4.69, 9.17) is 16.1 Å². The second kappa shape index (κ2) is 8.48. The molecule has 0 aliphatic carbocycles. The number of hydrogen-bond donors (Lipinski definition) is 1. The van der Waals surface area contributed by atoms with E-state index in [0.29, 0.717) is 55.0 Å². The average Bonchev–Trinajstić information content (AvgIpc) is 3.23. The molecular weight excluding hydrogens is 392 g/mol. The van der Waals surface area contributed by atoms with Crippen molar-refractivity contribution in [1.82, 2.24) is 20.0 Å². The quantitative estimate of drug-likeness (QED) is 0.703. The Kier molecular flexibility index (Phi) is 5.62. The minimum atomic E-state index is -0.126. The van der Waals surface area contributed by atoms with E-state index in [9.17, 15) is 4.79 Å². The smallest absolute Gasteiger partial charge is 0.321 e. The van der Waals surface area contributed by atoms with Crippen molar-refractivity contribution < 1.29 is 9.32 Å². The third kappa shape index (κ3) is 4.48. The molecule has 29 heavy (non-hydrogen) atoms. The molecule has 150 valence electrons. The highest BCUT2D eigenvalue weighted by molar-refractivity contribution is 6.30. The monoisotopic (exact) mass is 412 g/mol. The molecule has 8 nitrogen and oxygen atoms in total. The van der Waals surface area contributed by atoms with Crippen LogP contribution in [0.15, 0.2) is 47.1 Å². The summed E-state index contributed by atoms with van der Waals surface area (Å²) in [4.78, 5) is 25.3. The molecule has 2 amide bonds. The van der Waals surface area contributed by atoms with Crippen molar-refractivity contribution in [2.45, 2.75) is 13.3 Å². The van der Waals surface area contributed by atoms with Crippen molar-refractivity contribution in [3.63, 3.8) is 0 Å². The maximum atomic E-state index is 12.5. The zero-order chi connectivity index (χ0) is 20.2. The van der Waals surface area contributed by atoms with E-state index in [0.717, 1.165) is 11.4 Å². The van der Waals surface area contributed by atoms with Crippen molar-refractivity contribution in [2.75, 3.05) is 36.4 Å². The molecule has 0 unspecified atom stereocenters. The SMILES string of the molecule is CCc1nc(-c2ccc(N3CCN(C(=O)Nc4cccc(Cl)c4)CC3)nc2)no1. The standard InChI is InChI=1S/C20H21ClN6O2/c1-2-18-24-19(25-29-18)14-6-7-17(22-13-14)26-8-10-27(11-9-26)20(28)23-16-5-3-4-15(21)12-16/h3-7,12-13H,2,8-11H2,1H3,(H,23,28). The molecular formula is C20H21ClN6O2. The lowest BCUT2D eigenvalue weighted by molar-refractivity contribution is 0.208. The third-order valence-electron chi connectivity index (χ3n) is 4.74. The summed E-state index contributed by atoms with van der Waals surface area (Å²) in [5.74, 6) is 2.02. The topological polar surface area (TPSA) is 87.4 Å². The van der Waals surface area contributed by atoms with Crippen LogP contribution < -0.4 is 10.2 Å². The third-order valence-corrected chi connectivity index (χ3v) is 4.98. The number of amides is 2. The maximum absolute atomic E-state index is 12.5. The van der Waals surface area contributed by atoms with Gasteiger partial charge in [-0.05, 0) is 30.3 Å². The van der Waals surface area contributed by atoms with Crippen LogP contribution in [0.25, 0.3) is 11.4 Å². The number of aromatic nitrogens is 3. The minimum absolute atomic E-state index is 0.126. The maximum Gasteiger partial charge on any atom is 0.321 e. The van der Waals surface area contributed by atoms with E-state index in [1.54, 1.807) is 23.2 Å². The second-order valence-corrected chi connectivity index (χ2v) is 7.12. The summed E-state index contributed by atoms with van der Waals surface area (Å²) in [6.07, 6.45) is 2.45. The average molecular weight is 413 g/mol. The fourth-order valence-corrected chi connectivity index (χ4v) is 3.32. The number of pyridine rings is 1. The Balaban J connectivity index is 1.33. The van der Waals surface area contributed by atoms with Gasteiger partial charge in [-0.25, -0.2) is 9.78 Å². The number of nitrogens with one attached hydrogen (secondary N) is 1. The van der Waals surface area contributed by atoms with Gasteiger partial charge in [0.15, 0.2) is 0 Å². The lowest BCUT2D eigenvalue weighted by atomic mass is 10.2. The number of anilines is 2. The van der Waals surface area contributed by atoms with Gasteiger partial charge in [-0.2, -0.15) is 4.98 Å². The summed E-state index contributed by atoms with van der Waals surface area (Å²) in [7, 11) is 0. The van der Waals surface area contributed by atoms with Crippen molar-refractivity contribution in [1.29, 1.82) is 0 Å². The highest BCUT2D eigenvalue weighted by Crippen LogP contribution is 2.20. The van der Waals surface area contributed by atoms with Crippen LogP contribution in [0.3, 0.4) is 0 Å². The molecule has 3 heterocycles. The summed E-state index contributed by atoms with van der Waals surface area (Å²) in [6, 6.07) is 10.9. The molecule has 3 aromatic rings. The van der Waals surface area contributed by atoms with Gasteiger partial charge in [-0.3, -0.25) is 0 Å². The molecule has 1 aliphatic heterocycles. The molecule has 0 atom stereocenters. The Labute approximate surface area is 173 Å². The van der Waals surface area contributed by atoms with Crippen LogP contribution >= 0.6 is 11.6 Å². The van der Waals surface area contributed by atoms with Gasteiger partial charge in [-0.15, -0.1) is 0 Å². The number of hydrogen-bond acceptors (Lipinski definition) is 6. The Bertz CT molecular complexity index is 983. The van der Waals surface area contributed by atoms with E-state index < -0.39 is 0 Å². The van der Waals surface area contributed by atoms with E-state index in [-0.39, 0.29) is 6.03 Å². The van der Waals surface area contributed by atoms with Gasteiger partial charge in [0.05, 0.1) is 0 Å². The molecule has 1 N–H and O–H groups in total. The molecule has 0 radical (unpaired) electrons. The Morgan fingerprint density at radius 1 is 1.21 bits per heavy atom. The molecule has 0 spiro atoms. The normalized spacial score (nSPS) is 14.1. The van der Waals surface area contributed by atoms with Gasteiger partial charge in [0.1, 0.15) is 5.82 Å². The number of carbonyl (C=O) groups excluding carboxylic acids is 1. The lowest BCUT2D eigenvalue weighted by Gasteiger charge is -2.35. The van der Waals surface area contributed by atoms with Crippen molar-refractivity contribution in [3.05, 3.63) is 53.5 Å². The highest BCUT2D eigenvalue weighted by atomic mass is 35.5. The molecule has 4 rings (SSSR count). The molecule has 0 saturated carbocycles. The van der Waals surface area contributed by atoms with Gasteiger partial charge >= 0.3 is 6.03 Å². The zero-order valence-corrected chi connectivity index (χ0v) is 16.8. The van der Waals surface area contributed by atoms with Gasteiger partial charge in [0, 0.05) is 55.1 Å². The molecule has 1 aliphatic rings. The number of piperazine rings is 1. The van der Waals surface area contributed by atoms with E-state index >= 15 is 0 Å². The largest absolute Gasteiger partial charge is 0.353 e. The number of urea groups is 1. The first kappa shape index (κ1) is 19.2. The molecule has 0 bridgehead atoms. The number of benzene rings is 1. The van der Waals surface area contributed by atoms with Crippen LogP contribution in [-0.2, 0) is 6.42 Å². The second-order valence-electron chi connectivity index (χ2n) is 6.68. The van der Waals surface area contributed by atoms with Crippen LogP contribution in [0.1, 0.15) is 12.8 Å². The molecule has 1 aromatic carbocycles. The van der Waals surface area contributed by atoms with Crippen LogP contribution in [0, 0.1) is 0 Å². The number of carbonyl (C=O) groups is 1. The van der Waals surface area contributed by atoms with E-state index in [1.807, 2.05) is 31.2 Å². The molecule has 1 saturated heterocycles. The van der Waals surface area contributed by atoms with Crippen LogP contribution in [0.2, 0.25) is 5.02 Å². The molecule has 1 fully saturated rings. The number of rotatable bonds is 4. The van der Waals surface area contributed by atoms with Gasteiger partial charge in [-0.1, -0.05) is 29.7 Å². The van der Waals surface area contributed by atoms with Crippen LogP contribution in [0.5, 0.6) is 0 Å². The van der Waals surface area contributed by atoms with Crippen molar-refractivity contribution >= 4 is 29.1 Å². The van der Waals surface area contributed by atoms with Crippen molar-refractivity contribution in [2.24, 2.45) is 0 Å².